The number of amides is 1. The van der Waals surface area contributed by atoms with Gasteiger partial charge in [0.05, 0.1) is 25.7 Å². The predicted octanol–water partition coefficient (Wildman–Crippen LogP) is 5.30. The number of nitrogens with zero attached hydrogens (tertiary/aromatic N) is 3. The number of hydrogen-bond donors (Lipinski definition) is 2. The Labute approximate surface area is 210 Å². The Morgan fingerprint density at radius 2 is 1.92 bits per heavy atom. The summed E-state index contributed by atoms with van der Waals surface area (Å²) in [5.74, 6) is 1.11. The first-order valence-electron chi connectivity index (χ1n) is 11.0. The van der Waals surface area contributed by atoms with Crippen LogP contribution in [0.1, 0.15) is 0 Å². The summed E-state index contributed by atoms with van der Waals surface area (Å²) >= 11 is 1.21. The number of methoxy groups -OCH3 is 2. The summed E-state index contributed by atoms with van der Waals surface area (Å²) < 4.78 is 26.4. The molecule has 0 saturated heterocycles. The molecule has 36 heavy (non-hydrogen) atoms. The average molecular weight is 504 g/mol. The standard InChI is InChI=1S/C26H22FN5O3S/c1-34-18-10-11-23(35-2)22(13-18)32-25(20-14-28-21-9-4-3-8-19(20)21)30-31-26(32)36-15-24(33)29-17-7-5-6-16(27)12-17/h3-14,28H,15H2,1-2H3,(H,29,33). The number of hydrogen-bond acceptors (Lipinski definition) is 6. The summed E-state index contributed by atoms with van der Waals surface area (Å²) in [6.07, 6.45) is 1.88. The molecule has 5 aromatic rings. The molecule has 0 unspecified atom stereocenters. The Bertz CT molecular complexity index is 1550. The van der Waals surface area contributed by atoms with Crippen molar-refractivity contribution in [2.45, 2.75) is 5.16 Å². The van der Waals surface area contributed by atoms with E-state index in [9.17, 15) is 9.18 Å². The molecule has 182 valence electrons. The molecular weight excluding hydrogens is 481 g/mol. The molecule has 8 nitrogen and oxygen atoms in total. The zero-order valence-electron chi connectivity index (χ0n) is 19.5. The number of aromatic nitrogens is 4. The average Bonchev–Trinajstić information content (AvgIpc) is 3.51. The van der Waals surface area contributed by atoms with Crippen molar-refractivity contribution >= 4 is 34.3 Å². The van der Waals surface area contributed by atoms with Crippen molar-refractivity contribution in [3.05, 3.63) is 78.7 Å². The molecule has 0 aliphatic rings. The van der Waals surface area contributed by atoms with Crippen LogP contribution in [0.2, 0.25) is 0 Å². The Balaban J connectivity index is 1.54. The number of anilines is 1. The van der Waals surface area contributed by atoms with Crippen molar-refractivity contribution in [1.29, 1.82) is 0 Å². The third-order valence-electron chi connectivity index (χ3n) is 5.53. The fourth-order valence-electron chi connectivity index (χ4n) is 3.88. The fourth-order valence-corrected chi connectivity index (χ4v) is 4.62. The summed E-state index contributed by atoms with van der Waals surface area (Å²) in [5, 5.41) is 13.1. The molecule has 0 aliphatic heterocycles. The summed E-state index contributed by atoms with van der Waals surface area (Å²) in [5.41, 5.74) is 2.86. The first-order chi connectivity index (χ1) is 17.6. The molecule has 0 saturated carbocycles. The quantitative estimate of drug-likeness (QED) is 0.279. The van der Waals surface area contributed by atoms with E-state index < -0.39 is 5.82 Å². The molecule has 0 radical (unpaired) electrons. The molecule has 0 bridgehead atoms. The van der Waals surface area contributed by atoms with Gasteiger partial charge in [0.2, 0.25) is 5.91 Å². The van der Waals surface area contributed by atoms with Gasteiger partial charge < -0.3 is 19.8 Å². The van der Waals surface area contributed by atoms with Crippen molar-refractivity contribution in [2.24, 2.45) is 0 Å². The second-order valence-electron chi connectivity index (χ2n) is 7.77. The van der Waals surface area contributed by atoms with E-state index in [1.807, 2.05) is 41.1 Å². The Hall–Kier alpha value is -4.31. The maximum Gasteiger partial charge on any atom is 0.234 e. The number of carbonyl (C=O) groups excluding carboxylic acids is 1. The summed E-state index contributed by atoms with van der Waals surface area (Å²) in [6, 6.07) is 19.1. The molecule has 0 aliphatic carbocycles. The van der Waals surface area contributed by atoms with E-state index in [1.54, 1.807) is 32.4 Å². The van der Waals surface area contributed by atoms with Crippen LogP contribution in [-0.2, 0) is 4.79 Å². The van der Waals surface area contributed by atoms with Crippen LogP contribution >= 0.6 is 11.8 Å². The van der Waals surface area contributed by atoms with Crippen LogP contribution in [0.3, 0.4) is 0 Å². The predicted molar refractivity (Wildman–Crippen MR) is 138 cm³/mol. The monoisotopic (exact) mass is 503 g/mol. The molecule has 10 heteroatoms. The van der Waals surface area contributed by atoms with E-state index in [4.69, 9.17) is 9.47 Å². The van der Waals surface area contributed by atoms with Gasteiger partial charge in [0.15, 0.2) is 11.0 Å². The molecule has 2 heterocycles. The molecular formula is C26H22FN5O3S. The van der Waals surface area contributed by atoms with E-state index in [-0.39, 0.29) is 11.7 Å². The number of rotatable bonds is 8. The van der Waals surface area contributed by atoms with E-state index in [1.165, 1.54) is 30.0 Å². The second kappa shape index (κ2) is 10.1. The molecule has 1 amide bonds. The van der Waals surface area contributed by atoms with Gasteiger partial charge in [-0.1, -0.05) is 36.0 Å². The first-order valence-corrected chi connectivity index (χ1v) is 12.0. The van der Waals surface area contributed by atoms with Crippen molar-refractivity contribution in [1.82, 2.24) is 19.7 Å². The van der Waals surface area contributed by atoms with Crippen LogP contribution in [0.5, 0.6) is 11.5 Å². The minimum atomic E-state index is -0.423. The van der Waals surface area contributed by atoms with Gasteiger partial charge in [-0.05, 0) is 36.4 Å². The number of carbonyl (C=O) groups is 1. The SMILES string of the molecule is COc1ccc(OC)c(-n2c(SCC(=O)Nc3cccc(F)c3)nnc2-c2c[nH]c3ccccc23)c1. The zero-order valence-corrected chi connectivity index (χ0v) is 20.3. The molecule has 0 atom stereocenters. The summed E-state index contributed by atoms with van der Waals surface area (Å²) in [6.45, 7) is 0. The largest absolute Gasteiger partial charge is 0.497 e. The van der Waals surface area contributed by atoms with E-state index >= 15 is 0 Å². The highest BCUT2D eigenvalue weighted by molar-refractivity contribution is 7.99. The van der Waals surface area contributed by atoms with E-state index in [0.29, 0.717) is 33.9 Å². The molecule has 2 N–H and O–H groups in total. The molecule has 0 spiro atoms. The number of benzene rings is 3. The maximum atomic E-state index is 13.5. The minimum Gasteiger partial charge on any atom is -0.497 e. The third kappa shape index (κ3) is 4.63. The highest BCUT2D eigenvalue weighted by Crippen LogP contribution is 2.37. The lowest BCUT2D eigenvalue weighted by Gasteiger charge is -2.15. The summed E-state index contributed by atoms with van der Waals surface area (Å²) in [7, 11) is 3.17. The third-order valence-corrected chi connectivity index (χ3v) is 6.46. The van der Waals surface area contributed by atoms with Crippen LogP contribution in [-0.4, -0.2) is 45.6 Å². The molecule has 3 aromatic carbocycles. The molecule has 5 rings (SSSR count). The number of thioether (sulfide) groups is 1. The number of halogens is 1. The van der Waals surface area contributed by atoms with Gasteiger partial charge in [-0.25, -0.2) is 4.39 Å². The van der Waals surface area contributed by atoms with Crippen LogP contribution < -0.4 is 14.8 Å². The van der Waals surface area contributed by atoms with Gasteiger partial charge in [0, 0.05) is 34.4 Å². The Morgan fingerprint density at radius 1 is 1.06 bits per heavy atom. The van der Waals surface area contributed by atoms with E-state index in [2.05, 4.69) is 20.5 Å². The normalized spacial score (nSPS) is 11.0. The number of para-hydroxylation sites is 1. The van der Waals surface area contributed by atoms with Gasteiger partial charge in [0.25, 0.3) is 0 Å². The lowest BCUT2D eigenvalue weighted by molar-refractivity contribution is -0.113. The number of nitrogens with one attached hydrogen (secondary N) is 2. The van der Waals surface area contributed by atoms with E-state index in [0.717, 1.165) is 16.5 Å². The minimum absolute atomic E-state index is 0.0365. The van der Waals surface area contributed by atoms with Crippen LogP contribution in [0.4, 0.5) is 10.1 Å². The lowest BCUT2D eigenvalue weighted by atomic mass is 10.1. The first kappa shape index (κ1) is 23.4. The Kier molecular flexibility index (Phi) is 6.59. The highest BCUT2D eigenvalue weighted by Gasteiger charge is 2.22. The number of aromatic amines is 1. The zero-order chi connectivity index (χ0) is 25.1. The van der Waals surface area contributed by atoms with Gasteiger partial charge in [-0.3, -0.25) is 9.36 Å². The molecule has 2 aromatic heterocycles. The van der Waals surface area contributed by atoms with Gasteiger partial charge in [-0.15, -0.1) is 10.2 Å². The lowest BCUT2D eigenvalue weighted by Crippen LogP contribution is -2.14. The van der Waals surface area contributed by atoms with Gasteiger partial charge in [-0.2, -0.15) is 0 Å². The number of fused-ring (bicyclic) bond motifs is 1. The Morgan fingerprint density at radius 3 is 2.72 bits per heavy atom. The maximum absolute atomic E-state index is 13.5. The van der Waals surface area contributed by atoms with Gasteiger partial charge in [0.1, 0.15) is 17.3 Å². The van der Waals surface area contributed by atoms with Crippen molar-refractivity contribution in [2.75, 3.05) is 25.3 Å². The topological polar surface area (TPSA) is 94.1 Å². The summed E-state index contributed by atoms with van der Waals surface area (Å²) in [4.78, 5) is 15.9. The molecule has 0 fully saturated rings. The van der Waals surface area contributed by atoms with Crippen molar-refractivity contribution < 1.29 is 18.7 Å². The second-order valence-corrected chi connectivity index (χ2v) is 8.72. The van der Waals surface area contributed by atoms with Crippen LogP contribution in [0, 0.1) is 5.82 Å². The smallest absolute Gasteiger partial charge is 0.234 e. The highest BCUT2D eigenvalue weighted by atomic mass is 32.2. The van der Waals surface area contributed by atoms with Crippen LogP contribution in [0.15, 0.2) is 78.1 Å². The van der Waals surface area contributed by atoms with Crippen molar-refractivity contribution in [3.8, 4) is 28.6 Å². The number of H-pyrrole nitrogens is 1. The number of ether oxygens (including phenoxy) is 2. The fraction of sp³-hybridized carbons (Fsp3) is 0.115. The van der Waals surface area contributed by atoms with Crippen molar-refractivity contribution in [3.63, 3.8) is 0 Å². The van der Waals surface area contributed by atoms with Crippen LogP contribution in [0.25, 0.3) is 28.0 Å². The van der Waals surface area contributed by atoms with Gasteiger partial charge >= 0.3 is 0 Å².